The monoisotopic (exact) mass is 517 g/mol. The lowest BCUT2D eigenvalue weighted by Gasteiger charge is -2.18. The van der Waals surface area contributed by atoms with Gasteiger partial charge in [-0.25, -0.2) is 17.9 Å². The number of alkyl halides is 3. The Labute approximate surface area is 205 Å². The first-order valence-corrected chi connectivity index (χ1v) is 12.5. The molecule has 0 aliphatic heterocycles. The fourth-order valence-electron chi connectivity index (χ4n) is 3.94. The predicted octanol–water partition coefficient (Wildman–Crippen LogP) is 4.80. The van der Waals surface area contributed by atoms with Gasteiger partial charge in [-0.1, -0.05) is 48.5 Å². The Bertz CT molecular complexity index is 1520. The van der Waals surface area contributed by atoms with Gasteiger partial charge in [0.05, 0.1) is 10.5 Å². The maximum atomic E-state index is 13.4. The largest absolute Gasteiger partial charge is 0.423 e. The summed E-state index contributed by atoms with van der Waals surface area (Å²) in [6.45, 7) is -0.202. The van der Waals surface area contributed by atoms with Crippen molar-refractivity contribution in [3.05, 3.63) is 112 Å². The molecule has 0 saturated carbocycles. The van der Waals surface area contributed by atoms with E-state index in [2.05, 4.69) is 4.72 Å². The average molecular weight is 518 g/mol. The van der Waals surface area contributed by atoms with Crippen molar-refractivity contribution in [2.75, 3.05) is 6.61 Å². The van der Waals surface area contributed by atoms with Crippen LogP contribution >= 0.6 is 0 Å². The third-order valence-electron chi connectivity index (χ3n) is 5.67. The quantitative estimate of drug-likeness (QED) is 0.327. The van der Waals surface area contributed by atoms with E-state index < -0.39 is 33.4 Å². The van der Waals surface area contributed by atoms with Gasteiger partial charge >= 0.3 is 11.8 Å². The van der Waals surface area contributed by atoms with Crippen molar-refractivity contribution in [3.8, 4) is 0 Å². The first-order chi connectivity index (χ1) is 17.1. The number of rotatable bonds is 8. The zero-order valence-electron chi connectivity index (χ0n) is 18.8. The summed E-state index contributed by atoms with van der Waals surface area (Å²) in [5.74, 6) is 0. The minimum Gasteiger partial charge on any atom is -0.423 e. The van der Waals surface area contributed by atoms with Crippen LogP contribution in [0.15, 0.2) is 93.0 Å². The van der Waals surface area contributed by atoms with Crippen LogP contribution in [0, 0.1) is 0 Å². The van der Waals surface area contributed by atoms with Crippen molar-refractivity contribution in [1.82, 2.24) is 4.72 Å². The summed E-state index contributed by atoms with van der Waals surface area (Å²) in [6, 6.07) is 18.9. The number of sulfonamides is 1. The van der Waals surface area contributed by atoms with Crippen LogP contribution < -0.4 is 10.3 Å². The van der Waals surface area contributed by atoms with Crippen LogP contribution in [0.25, 0.3) is 11.0 Å². The van der Waals surface area contributed by atoms with E-state index in [9.17, 15) is 31.5 Å². The molecule has 6 nitrogen and oxygen atoms in total. The fourth-order valence-corrected chi connectivity index (χ4v) is 5.20. The molecule has 0 radical (unpaired) electrons. The Morgan fingerprint density at radius 3 is 2.22 bits per heavy atom. The highest BCUT2D eigenvalue weighted by molar-refractivity contribution is 7.89. The summed E-state index contributed by atoms with van der Waals surface area (Å²) in [5.41, 5.74) is -0.392. The second-order valence-corrected chi connectivity index (χ2v) is 9.94. The molecular formula is C26H22F3NO5S. The van der Waals surface area contributed by atoms with Crippen molar-refractivity contribution in [1.29, 1.82) is 0 Å². The Hall–Kier alpha value is -3.47. The Kier molecular flexibility index (Phi) is 7.30. The first kappa shape index (κ1) is 25.6. The zero-order chi connectivity index (χ0) is 25.9. The maximum absolute atomic E-state index is 13.4. The van der Waals surface area contributed by atoms with Gasteiger partial charge in [-0.3, -0.25) is 0 Å². The summed E-state index contributed by atoms with van der Waals surface area (Å²) >= 11 is 0. The van der Waals surface area contributed by atoms with Crippen LogP contribution in [0.2, 0.25) is 0 Å². The molecule has 4 rings (SSSR count). The van der Waals surface area contributed by atoms with Gasteiger partial charge in [0.2, 0.25) is 10.0 Å². The van der Waals surface area contributed by atoms with Gasteiger partial charge in [-0.15, -0.1) is 0 Å². The van der Waals surface area contributed by atoms with Crippen LogP contribution in [0.4, 0.5) is 13.2 Å². The molecule has 3 aromatic carbocycles. The van der Waals surface area contributed by atoms with Gasteiger partial charge in [-0.05, 0) is 53.8 Å². The van der Waals surface area contributed by atoms with E-state index in [-0.39, 0.29) is 35.3 Å². The highest BCUT2D eigenvalue weighted by atomic mass is 32.2. The van der Waals surface area contributed by atoms with Gasteiger partial charge in [0.1, 0.15) is 5.58 Å². The molecule has 4 aromatic rings. The molecule has 1 unspecified atom stereocenters. The molecule has 1 aromatic heterocycles. The number of hydrogen-bond donors (Lipinski definition) is 2. The van der Waals surface area contributed by atoms with E-state index in [1.54, 1.807) is 42.5 Å². The molecule has 1 heterocycles. The molecule has 36 heavy (non-hydrogen) atoms. The molecule has 0 saturated heterocycles. The lowest BCUT2D eigenvalue weighted by atomic mass is 10.0. The number of benzene rings is 3. The van der Waals surface area contributed by atoms with E-state index in [1.807, 2.05) is 6.07 Å². The van der Waals surface area contributed by atoms with Gasteiger partial charge in [0.15, 0.2) is 0 Å². The van der Waals surface area contributed by atoms with Crippen molar-refractivity contribution < 1.29 is 31.1 Å². The van der Waals surface area contributed by atoms with Crippen LogP contribution in [-0.2, 0) is 22.6 Å². The van der Waals surface area contributed by atoms with Crippen LogP contribution in [-0.4, -0.2) is 20.1 Å². The van der Waals surface area contributed by atoms with Crippen molar-refractivity contribution >= 4 is 21.0 Å². The summed E-state index contributed by atoms with van der Waals surface area (Å²) in [7, 11) is -3.90. The van der Waals surface area contributed by atoms with Crippen molar-refractivity contribution in [2.45, 2.75) is 30.0 Å². The number of fused-ring (bicyclic) bond motifs is 1. The number of hydrogen-bond acceptors (Lipinski definition) is 5. The minimum atomic E-state index is -4.72. The van der Waals surface area contributed by atoms with Crippen LogP contribution in [0.3, 0.4) is 0 Å². The average Bonchev–Trinajstić information content (AvgIpc) is 2.84. The Morgan fingerprint density at radius 1 is 0.917 bits per heavy atom. The molecular weight excluding hydrogens is 495 g/mol. The summed E-state index contributed by atoms with van der Waals surface area (Å²) in [4.78, 5) is 11.5. The molecule has 188 valence electrons. The predicted molar refractivity (Wildman–Crippen MR) is 128 cm³/mol. The number of aliphatic hydroxyl groups excluding tert-OH is 1. The van der Waals surface area contributed by atoms with Crippen LogP contribution in [0.1, 0.15) is 34.7 Å². The fraction of sp³-hybridized carbons (Fsp3) is 0.192. The summed E-state index contributed by atoms with van der Waals surface area (Å²) in [6.07, 6.45) is -4.29. The first-order valence-electron chi connectivity index (χ1n) is 11.0. The number of halogens is 3. The van der Waals surface area contributed by atoms with Crippen molar-refractivity contribution in [3.63, 3.8) is 0 Å². The smallest absolute Gasteiger partial charge is 0.417 e. The highest BCUT2D eigenvalue weighted by Crippen LogP contribution is 2.34. The number of nitrogens with one attached hydrogen (secondary N) is 1. The maximum Gasteiger partial charge on any atom is 0.417 e. The Balaban J connectivity index is 1.56. The summed E-state index contributed by atoms with van der Waals surface area (Å²) < 4.78 is 73.6. The lowest BCUT2D eigenvalue weighted by molar-refractivity contribution is -0.136. The zero-order valence-corrected chi connectivity index (χ0v) is 19.6. The number of aliphatic hydroxyl groups is 1. The van der Waals surface area contributed by atoms with E-state index in [0.717, 1.165) is 5.56 Å². The van der Waals surface area contributed by atoms with E-state index in [0.29, 0.717) is 17.2 Å². The van der Waals surface area contributed by atoms with E-state index in [1.165, 1.54) is 24.3 Å². The van der Waals surface area contributed by atoms with Gasteiger partial charge in [0.25, 0.3) is 0 Å². The lowest BCUT2D eigenvalue weighted by Crippen LogP contribution is -2.29. The van der Waals surface area contributed by atoms with Crippen molar-refractivity contribution in [2.24, 2.45) is 0 Å². The molecule has 1 atom stereocenters. The van der Waals surface area contributed by atoms with Gasteiger partial charge in [0, 0.05) is 24.1 Å². The molecule has 0 bridgehead atoms. The SMILES string of the molecule is O=c1cc(C(F)(F)F)c2cc(Cc3ccc(S(=O)(=O)NC(CCO)c4ccccc4)cc3)ccc2o1. The molecule has 0 amide bonds. The van der Waals surface area contributed by atoms with E-state index >= 15 is 0 Å². The molecule has 0 aliphatic rings. The molecule has 0 spiro atoms. The molecule has 0 fully saturated rings. The molecule has 10 heteroatoms. The van der Waals surface area contributed by atoms with Crippen LogP contribution in [0.5, 0.6) is 0 Å². The summed E-state index contributed by atoms with van der Waals surface area (Å²) in [5, 5.41) is 9.14. The topological polar surface area (TPSA) is 96.6 Å². The molecule has 2 N–H and O–H groups in total. The Morgan fingerprint density at radius 2 is 1.58 bits per heavy atom. The van der Waals surface area contributed by atoms with E-state index in [4.69, 9.17) is 4.42 Å². The van der Waals surface area contributed by atoms with Gasteiger partial charge < -0.3 is 9.52 Å². The molecule has 0 aliphatic carbocycles. The third kappa shape index (κ3) is 5.84. The standard InChI is InChI=1S/C26H22F3NO5S/c27-26(28,29)22-16-25(32)35-24-11-8-18(15-21(22)24)14-17-6-9-20(10-7-17)36(33,34)30-23(12-13-31)19-4-2-1-3-5-19/h1-11,15-16,23,30-31H,12-14H2. The highest BCUT2D eigenvalue weighted by Gasteiger charge is 2.34. The second kappa shape index (κ2) is 10.3. The second-order valence-electron chi connectivity index (χ2n) is 8.22. The minimum absolute atomic E-state index is 0.0183. The normalized spacial score (nSPS) is 13.1. The van der Waals surface area contributed by atoms with Gasteiger partial charge in [-0.2, -0.15) is 13.2 Å². The third-order valence-corrected chi connectivity index (χ3v) is 7.16.